The van der Waals surface area contributed by atoms with Gasteiger partial charge in [-0.2, -0.15) is 0 Å². The minimum Gasteiger partial charge on any atom is -0.395 e. The highest BCUT2D eigenvalue weighted by atomic mass is 16.3. The minimum atomic E-state index is -0.0681. The molecule has 14 heavy (non-hydrogen) atoms. The van der Waals surface area contributed by atoms with E-state index in [0.717, 1.165) is 38.6 Å². The SMILES string of the molecule is OCC1CCCN1C1CCC(O)CC1. The molecular weight excluding hydrogens is 178 g/mol. The molecule has 1 unspecified atom stereocenters. The number of aliphatic hydroxyl groups is 2. The molecule has 0 aromatic carbocycles. The Morgan fingerprint density at radius 2 is 1.79 bits per heavy atom. The van der Waals surface area contributed by atoms with Crippen molar-refractivity contribution < 1.29 is 10.2 Å². The topological polar surface area (TPSA) is 43.7 Å². The second kappa shape index (κ2) is 4.60. The van der Waals surface area contributed by atoms with E-state index in [4.69, 9.17) is 0 Å². The van der Waals surface area contributed by atoms with Gasteiger partial charge in [-0.1, -0.05) is 0 Å². The predicted octanol–water partition coefficient (Wildman–Crippen LogP) is 0.747. The summed E-state index contributed by atoms with van der Waals surface area (Å²) in [4.78, 5) is 2.46. The first-order valence-electron chi connectivity index (χ1n) is 5.86. The Balaban J connectivity index is 1.88. The van der Waals surface area contributed by atoms with Crippen LogP contribution in [0.25, 0.3) is 0 Å². The van der Waals surface area contributed by atoms with Gasteiger partial charge in [0, 0.05) is 12.1 Å². The van der Waals surface area contributed by atoms with Gasteiger partial charge >= 0.3 is 0 Å². The Morgan fingerprint density at radius 1 is 1.07 bits per heavy atom. The molecule has 0 radical (unpaired) electrons. The number of aliphatic hydroxyl groups excluding tert-OH is 2. The summed E-state index contributed by atoms with van der Waals surface area (Å²) in [5, 5.41) is 18.7. The molecule has 0 spiro atoms. The number of hydrogen-bond acceptors (Lipinski definition) is 3. The fourth-order valence-electron chi connectivity index (χ4n) is 2.92. The van der Waals surface area contributed by atoms with Crippen molar-refractivity contribution >= 4 is 0 Å². The summed E-state index contributed by atoms with van der Waals surface area (Å²) in [6.07, 6.45) is 6.41. The third-order valence-corrected chi connectivity index (χ3v) is 3.77. The molecule has 0 bridgehead atoms. The highest BCUT2D eigenvalue weighted by molar-refractivity contribution is 4.87. The van der Waals surface area contributed by atoms with Gasteiger partial charge in [-0.15, -0.1) is 0 Å². The molecule has 2 aliphatic rings. The van der Waals surface area contributed by atoms with E-state index in [0.29, 0.717) is 18.7 Å². The number of rotatable bonds is 2. The highest BCUT2D eigenvalue weighted by Gasteiger charge is 2.32. The first-order chi connectivity index (χ1) is 6.81. The second-order valence-electron chi connectivity index (χ2n) is 4.68. The van der Waals surface area contributed by atoms with Crippen LogP contribution in [0.5, 0.6) is 0 Å². The smallest absolute Gasteiger partial charge is 0.0586 e. The third kappa shape index (κ3) is 2.10. The largest absolute Gasteiger partial charge is 0.395 e. The summed E-state index contributed by atoms with van der Waals surface area (Å²) in [5.41, 5.74) is 0. The van der Waals surface area contributed by atoms with Crippen molar-refractivity contribution in [3.63, 3.8) is 0 Å². The molecule has 1 saturated carbocycles. The van der Waals surface area contributed by atoms with Crippen molar-refractivity contribution in [3.05, 3.63) is 0 Å². The molecule has 1 atom stereocenters. The lowest BCUT2D eigenvalue weighted by atomic mass is 9.91. The maximum atomic E-state index is 9.42. The van der Waals surface area contributed by atoms with Crippen LogP contribution in [-0.4, -0.2) is 46.5 Å². The zero-order chi connectivity index (χ0) is 9.97. The van der Waals surface area contributed by atoms with Crippen LogP contribution in [0.15, 0.2) is 0 Å². The standard InChI is InChI=1S/C11H21NO2/c13-8-10-2-1-7-12(10)9-3-5-11(14)6-4-9/h9-11,13-14H,1-8H2. The van der Waals surface area contributed by atoms with Crippen molar-refractivity contribution in [1.82, 2.24) is 4.90 Å². The summed E-state index contributed by atoms with van der Waals surface area (Å²) in [6, 6.07) is 1.02. The first kappa shape index (κ1) is 10.4. The second-order valence-corrected chi connectivity index (χ2v) is 4.68. The molecule has 0 aromatic rings. The van der Waals surface area contributed by atoms with Gasteiger partial charge in [0.1, 0.15) is 0 Å². The summed E-state index contributed by atoms with van der Waals surface area (Å²) in [7, 11) is 0. The lowest BCUT2D eigenvalue weighted by Crippen LogP contribution is -2.43. The molecule has 2 fully saturated rings. The van der Waals surface area contributed by atoms with E-state index in [-0.39, 0.29) is 6.10 Å². The number of hydrogen-bond donors (Lipinski definition) is 2. The predicted molar refractivity (Wildman–Crippen MR) is 55.1 cm³/mol. The van der Waals surface area contributed by atoms with Crippen molar-refractivity contribution in [2.24, 2.45) is 0 Å². The van der Waals surface area contributed by atoms with Crippen LogP contribution in [-0.2, 0) is 0 Å². The molecule has 82 valence electrons. The highest BCUT2D eigenvalue weighted by Crippen LogP contribution is 2.28. The van der Waals surface area contributed by atoms with Gasteiger partial charge < -0.3 is 10.2 Å². The van der Waals surface area contributed by atoms with Gasteiger partial charge in [0.15, 0.2) is 0 Å². The number of likely N-dealkylation sites (tertiary alicyclic amines) is 1. The quantitative estimate of drug-likeness (QED) is 0.689. The van der Waals surface area contributed by atoms with Crippen LogP contribution >= 0.6 is 0 Å². The van der Waals surface area contributed by atoms with Crippen molar-refractivity contribution in [2.45, 2.75) is 56.7 Å². The van der Waals surface area contributed by atoms with Gasteiger partial charge in [-0.25, -0.2) is 0 Å². The lowest BCUT2D eigenvalue weighted by molar-refractivity contribution is 0.0535. The Bertz CT molecular complexity index is 178. The van der Waals surface area contributed by atoms with Gasteiger partial charge in [0.2, 0.25) is 0 Å². The molecule has 1 aliphatic carbocycles. The fourth-order valence-corrected chi connectivity index (χ4v) is 2.92. The summed E-state index contributed by atoms with van der Waals surface area (Å²) >= 11 is 0. The van der Waals surface area contributed by atoms with E-state index in [1.54, 1.807) is 0 Å². The van der Waals surface area contributed by atoms with E-state index in [1.807, 2.05) is 0 Å². The molecule has 3 nitrogen and oxygen atoms in total. The van der Waals surface area contributed by atoms with Crippen LogP contribution < -0.4 is 0 Å². The molecule has 1 heterocycles. The maximum absolute atomic E-state index is 9.42. The van der Waals surface area contributed by atoms with Gasteiger partial charge in [0.25, 0.3) is 0 Å². The molecule has 3 heteroatoms. The Kier molecular flexibility index (Phi) is 3.42. The first-order valence-corrected chi connectivity index (χ1v) is 5.86. The Labute approximate surface area is 85.7 Å². The maximum Gasteiger partial charge on any atom is 0.0586 e. The zero-order valence-corrected chi connectivity index (χ0v) is 8.73. The minimum absolute atomic E-state index is 0.0681. The van der Waals surface area contributed by atoms with Crippen LogP contribution in [0.2, 0.25) is 0 Å². The van der Waals surface area contributed by atoms with E-state index in [1.165, 1.54) is 6.42 Å². The van der Waals surface area contributed by atoms with Crippen molar-refractivity contribution in [2.75, 3.05) is 13.2 Å². The molecule has 1 saturated heterocycles. The Morgan fingerprint density at radius 3 is 2.43 bits per heavy atom. The third-order valence-electron chi connectivity index (χ3n) is 3.77. The van der Waals surface area contributed by atoms with E-state index in [2.05, 4.69) is 4.90 Å². The average molecular weight is 199 g/mol. The van der Waals surface area contributed by atoms with E-state index < -0.39 is 0 Å². The van der Waals surface area contributed by atoms with Crippen LogP contribution in [0.1, 0.15) is 38.5 Å². The number of nitrogens with zero attached hydrogens (tertiary/aromatic N) is 1. The van der Waals surface area contributed by atoms with Gasteiger partial charge in [-0.3, -0.25) is 4.90 Å². The summed E-state index contributed by atoms with van der Waals surface area (Å²) in [6.45, 7) is 1.45. The fraction of sp³-hybridized carbons (Fsp3) is 1.00. The van der Waals surface area contributed by atoms with Crippen molar-refractivity contribution in [3.8, 4) is 0 Å². The molecule has 0 aromatic heterocycles. The molecule has 2 rings (SSSR count). The monoisotopic (exact) mass is 199 g/mol. The van der Waals surface area contributed by atoms with Gasteiger partial charge in [0.05, 0.1) is 12.7 Å². The molecule has 0 amide bonds. The van der Waals surface area contributed by atoms with E-state index in [9.17, 15) is 10.2 Å². The van der Waals surface area contributed by atoms with Crippen molar-refractivity contribution in [1.29, 1.82) is 0 Å². The van der Waals surface area contributed by atoms with Crippen LogP contribution in [0.3, 0.4) is 0 Å². The Hall–Kier alpha value is -0.120. The summed E-state index contributed by atoms with van der Waals surface area (Å²) in [5.74, 6) is 0. The van der Waals surface area contributed by atoms with Crippen LogP contribution in [0, 0.1) is 0 Å². The van der Waals surface area contributed by atoms with Crippen LogP contribution in [0.4, 0.5) is 0 Å². The molecular formula is C11H21NO2. The normalized spacial score (nSPS) is 40.3. The summed E-state index contributed by atoms with van der Waals surface area (Å²) < 4.78 is 0. The lowest BCUT2D eigenvalue weighted by Gasteiger charge is -2.36. The molecule has 1 aliphatic heterocycles. The van der Waals surface area contributed by atoms with Gasteiger partial charge in [-0.05, 0) is 45.1 Å². The van der Waals surface area contributed by atoms with E-state index >= 15 is 0 Å². The molecule has 2 N–H and O–H groups in total. The average Bonchev–Trinajstić information content (AvgIpc) is 2.67. The zero-order valence-electron chi connectivity index (χ0n) is 8.73.